The van der Waals surface area contributed by atoms with Crippen LogP contribution in [0.25, 0.3) is 0 Å². The molecule has 0 saturated carbocycles. The lowest BCUT2D eigenvalue weighted by Crippen LogP contribution is -2.31. The Balaban J connectivity index is 1.72. The zero-order valence-electron chi connectivity index (χ0n) is 12.4. The molecular formula is C16H25BrN2O. The predicted molar refractivity (Wildman–Crippen MR) is 86.9 cm³/mol. The quantitative estimate of drug-likeness (QED) is 0.825. The van der Waals surface area contributed by atoms with E-state index in [0.717, 1.165) is 30.7 Å². The molecule has 20 heavy (non-hydrogen) atoms. The van der Waals surface area contributed by atoms with Gasteiger partial charge < -0.3 is 10.1 Å². The van der Waals surface area contributed by atoms with E-state index in [1.807, 2.05) is 0 Å². The second-order valence-electron chi connectivity index (χ2n) is 5.59. The van der Waals surface area contributed by atoms with Crippen LogP contribution in [0, 0.1) is 0 Å². The van der Waals surface area contributed by atoms with Crippen LogP contribution in [0.3, 0.4) is 0 Å². The van der Waals surface area contributed by atoms with Gasteiger partial charge >= 0.3 is 0 Å². The third-order valence-corrected chi connectivity index (χ3v) is 4.23. The summed E-state index contributed by atoms with van der Waals surface area (Å²) in [6.07, 6.45) is 3.16. The maximum atomic E-state index is 6.08. The minimum atomic E-state index is 0.388. The van der Waals surface area contributed by atoms with Gasteiger partial charge in [0.15, 0.2) is 0 Å². The molecule has 2 unspecified atom stereocenters. The topological polar surface area (TPSA) is 24.5 Å². The van der Waals surface area contributed by atoms with Crippen molar-refractivity contribution in [3.8, 4) is 0 Å². The molecule has 0 spiro atoms. The minimum Gasteiger partial charge on any atom is -0.372 e. The Labute approximate surface area is 130 Å². The molecule has 1 saturated heterocycles. The maximum absolute atomic E-state index is 6.08. The SMILES string of the molecule is CCNCC1CCC(CN(C)Cc2ccc(Br)cc2)O1. The average Bonchev–Trinajstić information content (AvgIpc) is 2.86. The maximum Gasteiger partial charge on any atom is 0.0707 e. The summed E-state index contributed by atoms with van der Waals surface area (Å²) < 4.78 is 7.21. The predicted octanol–water partition coefficient (Wildman–Crippen LogP) is 3.04. The van der Waals surface area contributed by atoms with E-state index in [1.54, 1.807) is 0 Å². The first kappa shape index (κ1) is 16.0. The van der Waals surface area contributed by atoms with Crippen LogP contribution in [0.15, 0.2) is 28.7 Å². The largest absolute Gasteiger partial charge is 0.372 e. The zero-order chi connectivity index (χ0) is 14.4. The van der Waals surface area contributed by atoms with Crippen molar-refractivity contribution in [2.75, 3.05) is 26.7 Å². The summed E-state index contributed by atoms with van der Waals surface area (Å²) in [6.45, 7) is 6.14. The van der Waals surface area contributed by atoms with Crippen molar-refractivity contribution in [3.05, 3.63) is 34.3 Å². The Morgan fingerprint density at radius 3 is 2.65 bits per heavy atom. The molecule has 1 N–H and O–H groups in total. The molecule has 1 aliphatic rings. The van der Waals surface area contributed by atoms with E-state index in [2.05, 4.69) is 64.4 Å². The number of likely N-dealkylation sites (N-methyl/N-ethyl adjacent to an activating group) is 2. The first-order chi connectivity index (χ1) is 9.67. The summed E-state index contributed by atoms with van der Waals surface area (Å²) in [5.41, 5.74) is 1.35. The van der Waals surface area contributed by atoms with Crippen molar-refractivity contribution in [2.24, 2.45) is 0 Å². The second-order valence-corrected chi connectivity index (χ2v) is 6.50. The van der Waals surface area contributed by atoms with Crippen molar-refractivity contribution in [3.63, 3.8) is 0 Å². The molecule has 1 fully saturated rings. The van der Waals surface area contributed by atoms with E-state index < -0.39 is 0 Å². The number of hydrogen-bond acceptors (Lipinski definition) is 3. The van der Waals surface area contributed by atoms with Gasteiger partial charge in [-0.3, -0.25) is 4.90 Å². The number of halogens is 1. The molecule has 0 aliphatic carbocycles. The van der Waals surface area contributed by atoms with Crippen molar-refractivity contribution < 1.29 is 4.74 Å². The fourth-order valence-corrected chi connectivity index (χ4v) is 2.95. The van der Waals surface area contributed by atoms with Crippen LogP contribution in [0.5, 0.6) is 0 Å². The molecule has 2 atom stereocenters. The van der Waals surface area contributed by atoms with Crippen LogP contribution >= 0.6 is 15.9 Å². The van der Waals surface area contributed by atoms with Crippen molar-refractivity contribution in [1.82, 2.24) is 10.2 Å². The van der Waals surface area contributed by atoms with Crippen LogP contribution < -0.4 is 5.32 Å². The molecular weight excluding hydrogens is 316 g/mol. The van der Waals surface area contributed by atoms with Crippen LogP contribution in [-0.2, 0) is 11.3 Å². The Morgan fingerprint density at radius 1 is 1.25 bits per heavy atom. The fraction of sp³-hybridized carbons (Fsp3) is 0.625. The summed E-state index contributed by atoms with van der Waals surface area (Å²) in [4.78, 5) is 2.35. The number of rotatable bonds is 7. The van der Waals surface area contributed by atoms with Gasteiger partial charge in [0.1, 0.15) is 0 Å². The third kappa shape index (κ3) is 5.17. The summed E-state index contributed by atoms with van der Waals surface area (Å²) >= 11 is 3.47. The minimum absolute atomic E-state index is 0.388. The Morgan fingerprint density at radius 2 is 1.95 bits per heavy atom. The number of nitrogens with one attached hydrogen (secondary N) is 1. The van der Waals surface area contributed by atoms with Crippen LogP contribution in [0.2, 0.25) is 0 Å². The highest BCUT2D eigenvalue weighted by atomic mass is 79.9. The van der Waals surface area contributed by atoms with E-state index in [9.17, 15) is 0 Å². The van der Waals surface area contributed by atoms with Gasteiger partial charge in [-0.2, -0.15) is 0 Å². The van der Waals surface area contributed by atoms with Gasteiger partial charge in [-0.15, -0.1) is 0 Å². The standard InChI is InChI=1S/C16H25BrN2O/c1-3-18-10-15-8-9-16(20-15)12-19(2)11-13-4-6-14(17)7-5-13/h4-7,15-16,18H,3,8-12H2,1-2H3. The van der Waals surface area contributed by atoms with Crippen molar-refractivity contribution >= 4 is 15.9 Å². The zero-order valence-corrected chi connectivity index (χ0v) is 14.0. The average molecular weight is 341 g/mol. The van der Waals surface area contributed by atoms with E-state index in [1.165, 1.54) is 18.4 Å². The summed E-state index contributed by atoms with van der Waals surface area (Å²) in [7, 11) is 2.17. The molecule has 3 nitrogen and oxygen atoms in total. The number of hydrogen-bond donors (Lipinski definition) is 1. The molecule has 1 aromatic carbocycles. The number of benzene rings is 1. The van der Waals surface area contributed by atoms with Gasteiger partial charge in [-0.05, 0) is 44.1 Å². The Kier molecular flexibility index (Phi) is 6.49. The first-order valence-corrected chi connectivity index (χ1v) is 8.26. The fourth-order valence-electron chi connectivity index (χ4n) is 2.68. The van der Waals surface area contributed by atoms with E-state index in [0.29, 0.717) is 12.2 Å². The highest BCUT2D eigenvalue weighted by molar-refractivity contribution is 9.10. The van der Waals surface area contributed by atoms with Gasteiger partial charge in [0.05, 0.1) is 12.2 Å². The smallest absolute Gasteiger partial charge is 0.0707 e. The molecule has 1 aromatic rings. The second kappa shape index (κ2) is 8.13. The molecule has 1 aliphatic heterocycles. The highest BCUT2D eigenvalue weighted by Gasteiger charge is 2.25. The molecule has 0 aromatic heterocycles. The van der Waals surface area contributed by atoms with E-state index >= 15 is 0 Å². The van der Waals surface area contributed by atoms with Crippen LogP contribution in [0.1, 0.15) is 25.3 Å². The summed E-state index contributed by atoms with van der Waals surface area (Å²) in [5, 5.41) is 3.37. The Bertz CT molecular complexity index is 396. The van der Waals surface area contributed by atoms with E-state index in [-0.39, 0.29) is 0 Å². The number of nitrogens with zero attached hydrogens (tertiary/aromatic N) is 1. The van der Waals surface area contributed by atoms with Crippen molar-refractivity contribution in [1.29, 1.82) is 0 Å². The van der Waals surface area contributed by atoms with E-state index in [4.69, 9.17) is 4.74 Å². The van der Waals surface area contributed by atoms with Gasteiger partial charge in [0.2, 0.25) is 0 Å². The molecule has 4 heteroatoms. The Hall–Kier alpha value is -0.420. The lowest BCUT2D eigenvalue weighted by atomic mass is 10.1. The third-order valence-electron chi connectivity index (χ3n) is 3.70. The molecule has 112 valence electrons. The summed E-state index contributed by atoms with van der Waals surface area (Å²) in [5.74, 6) is 0. The van der Waals surface area contributed by atoms with Crippen molar-refractivity contribution in [2.45, 2.75) is 38.5 Å². The normalized spacial score (nSPS) is 22.6. The van der Waals surface area contributed by atoms with Gasteiger partial charge in [0.25, 0.3) is 0 Å². The van der Waals surface area contributed by atoms with Crippen LogP contribution in [-0.4, -0.2) is 43.8 Å². The molecule has 0 radical (unpaired) electrons. The van der Waals surface area contributed by atoms with Gasteiger partial charge in [0, 0.05) is 24.1 Å². The number of ether oxygens (including phenoxy) is 1. The highest BCUT2D eigenvalue weighted by Crippen LogP contribution is 2.20. The van der Waals surface area contributed by atoms with Gasteiger partial charge in [-0.1, -0.05) is 35.0 Å². The van der Waals surface area contributed by atoms with Crippen LogP contribution in [0.4, 0.5) is 0 Å². The summed E-state index contributed by atoms with van der Waals surface area (Å²) in [6, 6.07) is 8.54. The monoisotopic (exact) mass is 340 g/mol. The lowest BCUT2D eigenvalue weighted by Gasteiger charge is -2.21. The molecule has 0 amide bonds. The molecule has 0 bridgehead atoms. The van der Waals surface area contributed by atoms with Gasteiger partial charge in [-0.25, -0.2) is 0 Å². The lowest BCUT2D eigenvalue weighted by molar-refractivity contribution is 0.0270. The molecule has 1 heterocycles. The molecule has 2 rings (SSSR count). The first-order valence-electron chi connectivity index (χ1n) is 7.46.